The summed E-state index contributed by atoms with van der Waals surface area (Å²) in [5.74, 6) is -0.287. The fourth-order valence-electron chi connectivity index (χ4n) is 1.44. The van der Waals surface area contributed by atoms with Crippen molar-refractivity contribution in [3.63, 3.8) is 0 Å². The molecule has 0 fully saturated rings. The van der Waals surface area contributed by atoms with E-state index in [2.05, 4.69) is 25.8 Å². The molecule has 1 aromatic carbocycles. The maximum atomic E-state index is 13.7. The van der Waals surface area contributed by atoms with Gasteiger partial charge in [-0.25, -0.2) is 9.37 Å². The Hall–Kier alpha value is -1.16. The van der Waals surface area contributed by atoms with Crippen molar-refractivity contribution in [2.24, 2.45) is 0 Å². The molecule has 2 aromatic rings. The van der Waals surface area contributed by atoms with Crippen molar-refractivity contribution in [2.45, 2.75) is 26.2 Å². The highest BCUT2D eigenvalue weighted by Gasteiger charge is 2.17. The zero-order valence-corrected chi connectivity index (χ0v) is 9.78. The van der Waals surface area contributed by atoms with Crippen LogP contribution in [0.4, 0.5) is 9.52 Å². The zero-order chi connectivity index (χ0) is 11.2. The number of halogens is 1. The van der Waals surface area contributed by atoms with E-state index in [1.165, 1.54) is 11.3 Å². The molecule has 80 valence electrons. The minimum absolute atomic E-state index is 0.0617. The Morgan fingerprint density at radius 3 is 2.60 bits per heavy atom. The number of benzene rings is 1. The number of fused-ring (bicyclic) bond motifs is 1. The Morgan fingerprint density at radius 2 is 2.00 bits per heavy atom. The number of thiazole rings is 1. The lowest BCUT2D eigenvalue weighted by Gasteiger charge is -2.18. The van der Waals surface area contributed by atoms with Crippen molar-refractivity contribution < 1.29 is 4.39 Å². The molecule has 0 radical (unpaired) electrons. The third-order valence-corrected chi connectivity index (χ3v) is 3.16. The Labute approximate surface area is 91.9 Å². The average Bonchev–Trinajstić information content (AvgIpc) is 2.44. The highest BCUT2D eigenvalue weighted by molar-refractivity contribution is 7.22. The van der Waals surface area contributed by atoms with Gasteiger partial charge in [0.05, 0.1) is 4.70 Å². The molecular weight excluding hydrogens is 211 g/mol. The van der Waals surface area contributed by atoms with E-state index < -0.39 is 0 Å². The Bertz CT molecular complexity index is 511. The average molecular weight is 224 g/mol. The highest BCUT2D eigenvalue weighted by atomic mass is 32.1. The summed E-state index contributed by atoms with van der Waals surface area (Å²) in [6, 6.07) is 3.51. The van der Waals surface area contributed by atoms with Gasteiger partial charge < -0.3 is 5.73 Å². The van der Waals surface area contributed by atoms with Gasteiger partial charge in [0.1, 0.15) is 5.52 Å². The van der Waals surface area contributed by atoms with Crippen LogP contribution in [0.15, 0.2) is 12.1 Å². The number of nitrogen functional groups attached to an aromatic ring is 1. The SMILES string of the molecule is CC(C)(C)c1cc(F)c2nc(N)sc2c1. The number of hydrogen-bond donors (Lipinski definition) is 1. The normalized spacial score (nSPS) is 12.3. The molecule has 2 rings (SSSR count). The molecule has 0 saturated heterocycles. The summed E-state index contributed by atoms with van der Waals surface area (Å²) in [6.45, 7) is 6.16. The number of hydrogen-bond acceptors (Lipinski definition) is 3. The van der Waals surface area contributed by atoms with Crippen LogP contribution in [0, 0.1) is 5.82 Å². The predicted molar refractivity (Wildman–Crippen MR) is 62.7 cm³/mol. The minimum atomic E-state index is -0.287. The fraction of sp³-hybridized carbons (Fsp3) is 0.364. The molecule has 0 aliphatic rings. The van der Waals surface area contributed by atoms with E-state index in [1.54, 1.807) is 6.07 Å². The van der Waals surface area contributed by atoms with Crippen molar-refractivity contribution in [1.29, 1.82) is 0 Å². The quantitative estimate of drug-likeness (QED) is 0.745. The van der Waals surface area contributed by atoms with Gasteiger partial charge in [-0.05, 0) is 23.1 Å². The maximum absolute atomic E-state index is 13.7. The van der Waals surface area contributed by atoms with Crippen LogP contribution in [0.3, 0.4) is 0 Å². The van der Waals surface area contributed by atoms with Gasteiger partial charge in [-0.2, -0.15) is 0 Å². The third kappa shape index (κ3) is 1.81. The van der Waals surface area contributed by atoms with Crippen LogP contribution in [-0.2, 0) is 5.41 Å². The van der Waals surface area contributed by atoms with Gasteiger partial charge in [-0.1, -0.05) is 32.1 Å². The molecule has 0 bridgehead atoms. The summed E-state index contributed by atoms with van der Waals surface area (Å²) >= 11 is 1.32. The molecule has 0 spiro atoms. The lowest BCUT2D eigenvalue weighted by Crippen LogP contribution is -2.11. The van der Waals surface area contributed by atoms with Crippen LogP contribution in [-0.4, -0.2) is 4.98 Å². The van der Waals surface area contributed by atoms with Crippen molar-refractivity contribution in [3.8, 4) is 0 Å². The number of aromatic nitrogens is 1. The molecule has 0 amide bonds. The fourth-order valence-corrected chi connectivity index (χ4v) is 2.23. The lowest BCUT2D eigenvalue weighted by atomic mass is 9.87. The molecule has 0 aliphatic carbocycles. The molecule has 0 unspecified atom stereocenters. The number of nitrogens with zero attached hydrogens (tertiary/aromatic N) is 1. The van der Waals surface area contributed by atoms with Gasteiger partial charge in [0, 0.05) is 0 Å². The van der Waals surface area contributed by atoms with Gasteiger partial charge in [0.25, 0.3) is 0 Å². The Balaban J connectivity index is 2.72. The van der Waals surface area contributed by atoms with E-state index in [0.29, 0.717) is 10.6 Å². The van der Waals surface area contributed by atoms with Gasteiger partial charge in [0.15, 0.2) is 10.9 Å². The summed E-state index contributed by atoms with van der Waals surface area (Å²) in [7, 11) is 0. The van der Waals surface area contributed by atoms with Crippen LogP contribution in [0.2, 0.25) is 0 Å². The van der Waals surface area contributed by atoms with Crippen LogP contribution in [0.25, 0.3) is 10.2 Å². The van der Waals surface area contributed by atoms with E-state index in [1.807, 2.05) is 6.07 Å². The minimum Gasteiger partial charge on any atom is -0.375 e. The molecule has 0 saturated carbocycles. The van der Waals surface area contributed by atoms with Gasteiger partial charge >= 0.3 is 0 Å². The van der Waals surface area contributed by atoms with Crippen LogP contribution >= 0.6 is 11.3 Å². The smallest absolute Gasteiger partial charge is 0.181 e. The molecule has 0 aliphatic heterocycles. The Morgan fingerprint density at radius 1 is 1.33 bits per heavy atom. The van der Waals surface area contributed by atoms with Crippen molar-refractivity contribution in [2.75, 3.05) is 5.73 Å². The second-order valence-electron chi connectivity index (χ2n) is 4.61. The zero-order valence-electron chi connectivity index (χ0n) is 8.97. The number of anilines is 1. The summed E-state index contributed by atoms with van der Waals surface area (Å²) in [4.78, 5) is 3.96. The van der Waals surface area contributed by atoms with E-state index in [-0.39, 0.29) is 11.2 Å². The first-order chi connectivity index (χ1) is 6.88. The molecule has 1 heterocycles. The molecule has 0 atom stereocenters. The summed E-state index contributed by atoms with van der Waals surface area (Å²) < 4.78 is 14.5. The molecule has 2 nitrogen and oxygen atoms in total. The Kier molecular flexibility index (Phi) is 2.19. The molecule has 2 N–H and O–H groups in total. The van der Waals surface area contributed by atoms with Gasteiger partial charge in [-0.15, -0.1) is 0 Å². The third-order valence-electron chi connectivity index (χ3n) is 2.33. The second-order valence-corrected chi connectivity index (χ2v) is 5.67. The molecule has 1 aromatic heterocycles. The first kappa shape index (κ1) is 10.4. The second kappa shape index (κ2) is 3.17. The summed E-state index contributed by atoms with van der Waals surface area (Å²) in [5, 5.41) is 0.412. The first-order valence-electron chi connectivity index (χ1n) is 4.74. The van der Waals surface area contributed by atoms with E-state index >= 15 is 0 Å². The summed E-state index contributed by atoms with van der Waals surface area (Å²) in [5.41, 5.74) is 6.85. The van der Waals surface area contributed by atoms with E-state index in [4.69, 9.17) is 5.73 Å². The van der Waals surface area contributed by atoms with Crippen molar-refractivity contribution in [1.82, 2.24) is 4.98 Å². The van der Waals surface area contributed by atoms with Gasteiger partial charge in [0.2, 0.25) is 0 Å². The molecule has 4 heteroatoms. The summed E-state index contributed by atoms with van der Waals surface area (Å²) in [6.07, 6.45) is 0. The topological polar surface area (TPSA) is 38.9 Å². The monoisotopic (exact) mass is 224 g/mol. The highest BCUT2D eigenvalue weighted by Crippen LogP contribution is 2.31. The van der Waals surface area contributed by atoms with Crippen LogP contribution in [0.5, 0.6) is 0 Å². The standard InChI is InChI=1S/C11H13FN2S/c1-11(2,3)6-4-7(12)9-8(5-6)15-10(13)14-9/h4-5H,1-3H3,(H2,13,14). The maximum Gasteiger partial charge on any atom is 0.181 e. The van der Waals surface area contributed by atoms with E-state index in [9.17, 15) is 4.39 Å². The van der Waals surface area contributed by atoms with Gasteiger partial charge in [-0.3, -0.25) is 0 Å². The first-order valence-corrected chi connectivity index (χ1v) is 5.55. The number of rotatable bonds is 0. The van der Waals surface area contributed by atoms with Crippen molar-refractivity contribution >= 4 is 26.7 Å². The lowest BCUT2D eigenvalue weighted by molar-refractivity contribution is 0.576. The van der Waals surface area contributed by atoms with E-state index in [0.717, 1.165) is 10.3 Å². The van der Waals surface area contributed by atoms with Crippen LogP contribution in [0.1, 0.15) is 26.3 Å². The molecular formula is C11H13FN2S. The van der Waals surface area contributed by atoms with Crippen molar-refractivity contribution in [3.05, 3.63) is 23.5 Å². The van der Waals surface area contributed by atoms with Crippen LogP contribution < -0.4 is 5.73 Å². The molecule has 15 heavy (non-hydrogen) atoms. The predicted octanol–water partition coefficient (Wildman–Crippen LogP) is 3.32. The number of nitrogens with two attached hydrogens (primary N) is 1. The largest absolute Gasteiger partial charge is 0.375 e.